The van der Waals surface area contributed by atoms with Crippen LogP contribution in [0.15, 0.2) is 0 Å². The summed E-state index contributed by atoms with van der Waals surface area (Å²) >= 11 is 0. The molecule has 0 aromatic carbocycles. The minimum atomic E-state index is 1.13. The molecule has 108 valence electrons. The summed E-state index contributed by atoms with van der Waals surface area (Å²) in [5.41, 5.74) is 0. The zero-order valence-electron chi connectivity index (χ0n) is 12.7. The van der Waals surface area contributed by atoms with Crippen molar-refractivity contribution in [3.63, 3.8) is 0 Å². The number of hydrogen-bond donors (Lipinski definition) is 0. The first-order chi connectivity index (χ1) is 9.40. The molecule has 4 fully saturated rings. The molecule has 0 nitrogen and oxygen atoms in total. The molecule has 0 amide bonds. The first-order valence-corrected chi connectivity index (χ1v) is 9.40. The van der Waals surface area contributed by atoms with Crippen molar-refractivity contribution in [1.29, 1.82) is 0 Å². The SMILES string of the molecule is C1CCC(CC2CCC3C(C2)CC2CCCCC23)C1. The van der Waals surface area contributed by atoms with Gasteiger partial charge in [0.05, 0.1) is 0 Å². The lowest BCUT2D eigenvalue weighted by Gasteiger charge is -2.36. The molecule has 0 aromatic rings. The van der Waals surface area contributed by atoms with E-state index in [0.717, 1.165) is 23.7 Å². The molecule has 0 bridgehead atoms. The fourth-order valence-electron chi connectivity index (χ4n) is 6.63. The molecule has 4 aliphatic carbocycles. The lowest BCUT2D eigenvalue weighted by molar-refractivity contribution is 0.141. The second-order valence-corrected chi connectivity index (χ2v) is 8.43. The third-order valence-electron chi connectivity index (χ3n) is 7.41. The quantitative estimate of drug-likeness (QED) is 0.588. The van der Waals surface area contributed by atoms with E-state index in [-0.39, 0.29) is 0 Å². The van der Waals surface area contributed by atoms with E-state index in [1.54, 1.807) is 70.6 Å². The summed E-state index contributed by atoms with van der Waals surface area (Å²) in [4.78, 5) is 0. The van der Waals surface area contributed by atoms with Crippen LogP contribution < -0.4 is 0 Å². The van der Waals surface area contributed by atoms with Gasteiger partial charge in [0.2, 0.25) is 0 Å². The second kappa shape index (κ2) is 5.41. The van der Waals surface area contributed by atoms with Crippen molar-refractivity contribution in [1.82, 2.24) is 0 Å². The first kappa shape index (κ1) is 12.7. The molecule has 4 rings (SSSR count). The Balaban J connectivity index is 1.35. The van der Waals surface area contributed by atoms with Crippen molar-refractivity contribution in [3.8, 4) is 0 Å². The predicted octanol–water partition coefficient (Wildman–Crippen LogP) is 5.81. The van der Waals surface area contributed by atoms with Gasteiger partial charge in [0.25, 0.3) is 0 Å². The molecule has 0 radical (unpaired) electrons. The van der Waals surface area contributed by atoms with Crippen molar-refractivity contribution in [2.75, 3.05) is 0 Å². The molecule has 5 unspecified atom stereocenters. The zero-order valence-corrected chi connectivity index (χ0v) is 12.7. The molecule has 4 aliphatic rings. The van der Waals surface area contributed by atoms with Gasteiger partial charge >= 0.3 is 0 Å². The average Bonchev–Trinajstić information content (AvgIpc) is 3.05. The lowest BCUT2D eigenvalue weighted by atomic mass is 9.69. The van der Waals surface area contributed by atoms with Gasteiger partial charge in [-0.05, 0) is 67.6 Å². The van der Waals surface area contributed by atoms with Gasteiger partial charge in [-0.1, -0.05) is 51.4 Å². The maximum atomic E-state index is 1.64. The molecule has 19 heavy (non-hydrogen) atoms. The van der Waals surface area contributed by atoms with Crippen LogP contribution in [0.25, 0.3) is 0 Å². The van der Waals surface area contributed by atoms with Gasteiger partial charge in [0.1, 0.15) is 0 Å². The summed E-state index contributed by atoms with van der Waals surface area (Å²) in [7, 11) is 0. The largest absolute Gasteiger partial charge is 0.0530 e. The van der Waals surface area contributed by atoms with Crippen LogP contribution in [-0.4, -0.2) is 0 Å². The minimum absolute atomic E-state index is 1.13. The molecule has 0 spiro atoms. The van der Waals surface area contributed by atoms with E-state index in [4.69, 9.17) is 0 Å². The van der Waals surface area contributed by atoms with E-state index in [2.05, 4.69) is 0 Å². The van der Waals surface area contributed by atoms with Gasteiger partial charge in [-0.25, -0.2) is 0 Å². The van der Waals surface area contributed by atoms with Crippen LogP contribution in [0.1, 0.15) is 83.5 Å². The van der Waals surface area contributed by atoms with Gasteiger partial charge in [-0.2, -0.15) is 0 Å². The van der Waals surface area contributed by atoms with Crippen molar-refractivity contribution in [2.45, 2.75) is 83.5 Å². The third kappa shape index (κ3) is 2.49. The molecular formula is C19H32. The van der Waals surface area contributed by atoms with E-state index in [1.807, 2.05) is 0 Å². The normalized spacial score (nSPS) is 47.1. The monoisotopic (exact) mass is 260 g/mol. The Hall–Kier alpha value is 0. The standard InChI is InChI=1S/C19H32/c1-2-6-14(5-1)11-15-9-10-19-17(12-15)13-16-7-3-4-8-18(16)19/h14-19H,1-13H2. The zero-order chi connectivity index (χ0) is 12.7. The third-order valence-corrected chi connectivity index (χ3v) is 7.41. The molecular weight excluding hydrogens is 228 g/mol. The first-order valence-electron chi connectivity index (χ1n) is 9.40. The van der Waals surface area contributed by atoms with Crippen LogP contribution in [0, 0.1) is 35.5 Å². The Labute approximate surface area is 119 Å². The van der Waals surface area contributed by atoms with E-state index < -0.39 is 0 Å². The summed E-state index contributed by atoms with van der Waals surface area (Å²) in [6.07, 6.45) is 20.6. The highest BCUT2D eigenvalue weighted by atomic mass is 14.5. The Morgan fingerprint density at radius 3 is 2.16 bits per heavy atom. The molecule has 0 aromatic heterocycles. The Morgan fingerprint density at radius 2 is 1.26 bits per heavy atom. The number of fused-ring (bicyclic) bond motifs is 3. The van der Waals surface area contributed by atoms with Crippen LogP contribution in [0.2, 0.25) is 0 Å². The van der Waals surface area contributed by atoms with Crippen LogP contribution in [0.5, 0.6) is 0 Å². The molecule has 0 N–H and O–H groups in total. The summed E-state index contributed by atoms with van der Waals surface area (Å²) in [6.45, 7) is 0. The van der Waals surface area contributed by atoms with Crippen LogP contribution in [0.3, 0.4) is 0 Å². The van der Waals surface area contributed by atoms with Crippen molar-refractivity contribution >= 4 is 0 Å². The highest BCUT2D eigenvalue weighted by molar-refractivity contribution is 4.96. The predicted molar refractivity (Wildman–Crippen MR) is 81.0 cm³/mol. The minimum Gasteiger partial charge on any atom is -0.0530 e. The highest BCUT2D eigenvalue weighted by Gasteiger charge is 2.46. The van der Waals surface area contributed by atoms with Crippen molar-refractivity contribution < 1.29 is 0 Å². The van der Waals surface area contributed by atoms with Crippen LogP contribution in [-0.2, 0) is 0 Å². The summed E-state index contributed by atoms with van der Waals surface area (Å²) in [6, 6.07) is 0. The van der Waals surface area contributed by atoms with Gasteiger partial charge in [-0.15, -0.1) is 0 Å². The Morgan fingerprint density at radius 1 is 0.526 bits per heavy atom. The summed E-state index contributed by atoms with van der Waals surface area (Å²) in [5, 5.41) is 0. The summed E-state index contributed by atoms with van der Waals surface area (Å²) in [5.74, 6) is 6.92. The number of hydrogen-bond acceptors (Lipinski definition) is 0. The Kier molecular flexibility index (Phi) is 3.62. The summed E-state index contributed by atoms with van der Waals surface area (Å²) < 4.78 is 0. The van der Waals surface area contributed by atoms with Crippen molar-refractivity contribution in [3.05, 3.63) is 0 Å². The highest BCUT2D eigenvalue weighted by Crippen LogP contribution is 2.55. The van der Waals surface area contributed by atoms with Gasteiger partial charge in [0.15, 0.2) is 0 Å². The smallest absolute Gasteiger partial charge is 0.0354 e. The maximum absolute atomic E-state index is 1.64. The van der Waals surface area contributed by atoms with E-state index in [0.29, 0.717) is 0 Å². The molecule has 0 saturated heterocycles. The van der Waals surface area contributed by atoms with Crippen LogP contribution in [0.4, 0.5) is 0 Å². The average molecular weight is 260 g/mol. The molecule has 0 heterocycles. The van der Waals surface area contributed by atoms with Gasteiger partial charge in [0, 0.05) is 0 Å². The van der Waals surface area contributed by atoms with Crippen LogP contribution >= 0.6 is 0 Å². The molecule has 5 atom stereocenters. The second-order valence-electron chi connectivity index (χ2n) is 8.43. The lowest BCUT2D eigenvalue weighted by Crippen LogP contribution is -2.26. The molecule has 4 saturated carbocycles. The molecule has 0 heteroatoms. The fourth-order valence-corrected chi connectivity index (χ4v) is 6.63. The fraction of sp³-hybridized carbons (Fsp3) is 1.00. The molecule has 0 aliphatic heterocycles. The maximum Gasteiger partial charge on any atom is -0.0354 e. The van der Waals surface area contributed by atoms with E-state index in [1.165, 1.54) is 24.7 Å². The van der Waals surface area contributed by atoms with Gasteiger partial charge < -0.3 is 0 Å². The topological polar surface area (TPSA) is 0 Å². The van der Waals surface area contributed by atoms with Crippen molar-refractivity contribution in [2.24, 2.45) is 35.5 Å². The number of rotatable bonds is 2. The Bertz CT molecular complexity index is 301. The van der Waals surface area contributed by atoms with E-state index in [9.17, 15) is 0 Å². The van der Waals surface area contributed by atoms with E-state index >= 15 is 0 Å². The van der Waals surface area contributed by atoms with Gasteiger partial charge in [-0.3, -0.25) is 0 Å².